The van der Waals surface area contributed by atoms with Gasteiger partial charge in [0, 0.05) is 58.6 Å². The van der Waals surface area contributed by atoms with Crippen molar-refractivity contribution in [3.05, 3.63) is 111 Å². The Hall–Kier alpha value is -8.17. The molecule has 0 spiro atoms. The first-order chi connectivity index (χ1) is 41.8. The summed E-state index contributed by atoms with van der Waals surface area (Å²) in [7, 11) is 2.91. The van der Waals surface area contributed by atoms with Crippen molar-refractivity contribution in [1.29, 1.82) is 0 Å². The summed E-state index contributed by atoms with van der Waals surface area (Å²) in [5.41, 5.74) is 2.26. The number of ether oxygens (including phenoxy) is 1. The summed E-state index contributed by atoms with van der Waals surface area (Å²) in [6.45, 7) is 4.67. The molecule has 1 fully saturated rings. The van der Waals surface area contributed by atoms with E-state index >= 15 is 0 Å². The molecule has 4 atom stereocenters. The number of aliphatic hydroxyl groups excluding tert-OH is 1. The molecule has 2 aliphatic rings. The van der Waals surface area contributed by atoms with E-state index < -0.39 is 96.4 Å². The predicted molar refractivity (Wildman–Crippen MR) is 325 cm³/mol. The molecule has 8 N–H and O–H groups in total. The number of fused-ring (bicyclic) bond motifs is 14. The van der Waals surface area contributed by atoms with Crippen molar-refractivity contribution in [3.8, 4) is 43.4 Å². The zero-order valence-electron chi connectivity index (χ0n) is 46.9. The Labute approximate surface area is 519 Å². The molecule has 10 bridgehead atoms. The van der Waals surface area contributed by atoms with E-state index in [1.165, 1.54) is 30.4 Å². The van der Waals surface area contributed by atoms with E-state index in [4.69, 9.17) is 29.7 Å². The van der Waals surface area contributed by atoms with Crippen LogP contribution >= 0.6 is 68.0 Å². The maximum atomic E-state index is 14.4. The van der Waals surface area contributed by atoms with Crippen LogP contribution in [0.4, 0.5) is 5.82 Å². The van der Waals surface area contributed by atoms with Gasteiger partial charge in [-0.15, -0.1) is 68.0 Å². The lowest BCUT2D eigenvalue weighted by Crippen LogP contribution is -2.44. The number of aromatic nitrogens is 7. The molecule has 1 saturated carbocycles. The van der Waals surface area contributed by atoms with E-state index in [2.05, 4.69) is 36.6 Å². The van der Waals surface area contributed by atoms with Gasteiger partial charge in [-0.1, -0.05) is 44.2 Å². The molecule has 1 aliphatic heterocycles. The number of aliphatic hydroxyl groups is 1. The number of thiazole rings is 6. The van der Waals surface area contributed by atoms with E-state index in [0.717, 1.165) is 56.7 Å². The quantitative estimate of drug-likeness (QED) is 0.0532. The van der Waals surface area contributed by atoms with Crippen LogP contribution in [0.25, 0.3) is 43.4 Å². The van der Waals surface area contributed by atoms with Crippen molar-refractivity contribution in [2.45, 2.75) is 77.3 Å². The van der Waals surface area contributed by atoms with Gasteiger partial charge >= 0.3 is 11.9 Å². The molecule has 87 heavy (non-hydrogen) atoms. The van der Waals surface area contributed by atoms with Crippen LogP contribution in [-0.2, 0) is 35.3 Å². The van der Waals surface area contributed by atoms with Crippen molar-refractivity contribution < 1.29 is 58.4 Å². The van der Waals surface area contributed by atoms with Gasteiger partial charge < -0.3 is 46.6 Å². The first kappa shape index (κ1) is 61.9. The summed E-state index contributed by atoms with van der Waals surface area (Å²) in [6, 6.07) is 9.19. The molecule has 0 saturated heterocycles. The van der Waals surface area contributed by atoms with Crippen molar-refractivity contribution in [1.82, 2.24) is 61.5 Å². The van der Waals surface area contributed by atoms with Gasteiger partial charge in [0.25, 0.3) is 17.7 Å². The van der Waals surface area contributed by atoms with E-state index in [9.17, 15) is 53.7 Å². The first-order valence-electron chi connectivity index (χ1n) is 27.0. The van der Waals surface area contributed by atoms with Gasteiger partial charge in [-0.05, 0) is 43.4 Å². The number of carbonyl (C=O) groups is 8. The average Bonchev–Trinajstić information content (AvgIpc) is 3.14. The second-order valence-corrected chi connectivity index (χ2v) is 26.3. The minimum Gasteiger partial charge on any atom is -0.481 e. The molecule has 452 valence electrons. The average molecular weight is 1290 g/mol. The standard InChI is InChI=1S/C56H55N13O12S6/c1-24(2)40-54-68-43(35(87-54)19-81-5)47(76)58-18-38(71)65-44(45(74)26-9-7-6-8-10-26)53-63-34(22-84-53)51-61-32(20-83-51)42-29(49-62-33(21-82-49)46(75)60-31(17-37(70)57-4)52-67-41(25(3)86-52)48(77)66-40)11-12-30(59-42)50-64-36(23-85-50)69(14-13-39(72)73)55(78)27-15-28(16-27)56(79)80/h6-12,20-24,27-28,31,40,44-45,74H,13-19H2,1-5H3,(H,57,70)(H,58,76)(H,60,75)(H,65,71)(H,66,77)(H,72,73)(H,79,80)/t27?,28?,31-,40-,44-,45-/m0/s1. The Balaban J connectivity index is 1.05. The number of amides is 6. The van der Waals surface area contributed by atoms with Crippen LogP contribution in [0.3, 0.4) is 0 Å². The largest absolute Gasteiger partial charge is 0.481 e. The molecule has 6 amide bonds. The summed E-state index contributed by atoms with van der Waals surface area (Å²) in [6.07, 6.45) is -1.72. The molecule has 1 aliphatic carbocycles. The van der Waals surface area contributed by atoms with Crippen LogP contribution in [0, 0.1) is 24.7 Å². The molecular formula is C56H55N13O12S6. The Morgan fingerprint density at radius 2 is 1.40 bits per heavy atom. The lowest BCUT2D eigenvalue weighted by Gasteiger charge is -2.34. The lowest BCUT2D eigenvalue weighted by molar-refractivity contribution is -0.148. The monoisotopic (exact) mass is 1290 g/mol. The van der Waals surface area contributed by atoms with Gasteiger partial charge in [0.05, 0.1) is 54.6 Å². The Bertz CT molecular complexity index is 3920. The maximum Gasteiger partial charge on any atom is 0.306 e. The second-order valence-electron chi connectivity index (χ2n) is 20.5. The number of pyridine rings is 1. The number of hydrogen-bond donors (Lipinski definition) is 8. The molecule has 1 aromatic carbocycles. The highest BCUT2D eigenvalue weighted by Gasteiger charge is 2.42. The summed E-state index contributed by atoms with van der Waals surface area (Å²) >= 11 is 6.93. The highest BCUT2D eigenvalue weighted by Crippen LogP contribution is 2.42. The van der Waals surface area contributed by atoms with Crippen LogP contribution in [0.1, 0.15) is 126 Å². The molecule has 0 radical (unpaired) electrons. The number of aryl methyl sites for hydroxylation is 1. The predicted octanol–water partition coefficient (Wildman–Crippen LogP) is 7.23. The number of aliphatic carboxylic acids is 2. The highest BCUT2D eigenvalue weighted by molar-refractivity contribution is 7.15. The van der Waals surface area contributed by atoms with Crippen molar-refractivity contribution in [2.75, 3.05) is 32.1 Å². The molecule has 25 nitrogen and oxygen atoms in total. The Morgan fingerprint density at radius 3 is 2.13 bits per heavy atom. The number of hydrogen-bond acceptors (Lipinski definition) is 23. The third-order valence-electron chi connectivity index (χ3n) is 14.2. The number of nitrogens with one attached hydrogen (secondary N) is 5. The summed E-state index contributed by atoms with van der Waals surface area (Å²) in [5.74, 6) is -7.02. The fourth-order valence-electron chi connectivity index (χ4n) is 9.49. The van der Waals surface area contributed by atoms with Crippen molar-refractivity contribution >= 4 is 121 Å². The van der Waals surface area contributed by atoms with E-state index in [0.29, 0.717) is 63.0 Å². The third kappa shape index (κ3) is 13.8. The van der Waals surface area contributed by atoms with Crippen LogP contribution in [0.2, 0.25) is 0 Å². The van der Waals surface area contributed by atoms with Crippen LogP contribution in [0.15, 0.2) is 64.0 Å². The van der Waals surface area contributed by atoms with Gasteiger partial charge in [-0.2, -0.15) is 0 Å². The normalized spacial score (nSPS) is 18.5. The Kier molecular flexibility index (Phi) is 19.1. The number of anilines is 1. The molecule has 31 heteroatoms. The van der Waals surface area contributed by atoms with E-state index in [1.807, 2.05) is 13.8 Å². The topological polar surface area (TPSA) is 360 Å². The summed E-state index contributed by atoms with van der Waals surface area (Å²) < 4.78 is 5.45. The molecular weight excluding hydrogens is 1240 g/mol. The zero-order chi connectivity index (χ0) is 61.8. The zero-order valence-corrected chi connectivity index (χ0v) is 51.8. The summed E-state index contributed by atoms with van der Waals surface area (Å²) in [4.78, 5) is 143. The number of carbonyl (C=O) groups excluding carboxylic acids is 6. The number of benzene rings is 1. The number of methoxy groups -OCH3 is 1. The number of nitrogens with zero attached hydrogens (tertiary/aromatic N) is 8. The molecule has 10 rings (SSSR count). The van der Waals surface area contributed by atoms with Gasteiger partial charge in [0.1, 0.15) is 82.2 Å². The smallest absolute Gasteiger partial charge is 0.306 e. The van der Waals surface area contributed by atoms with E-state index in [1.54, 1.807) is 70.9 Å². The Morgan fingerprint density at radius 1 is 0.701 bits per heavy atom. The lowest BCUT2D eigenvalue weighted by atomic mass is 9.74. The number of rotatable bonds is 14. The fraction of sp³-hybridized carbons (Fsp3) is 0.339. The van der Waals surface area contributed by atoms with Crippen molar-refractivity contribution in [3.63, 3.8) is 0 Å². The SMILES string of the molecule is CNC(=O)C[C@@H]1NC(=O)c2csc(n2)-c2ccc(-c3nc(N(CCC(=O)O)C(=O)C4CC(C(=O)O)C4)cs3)nc2-c2csc(n2)-c2csc(n2)[C@H]([C@@H](O)c2ccccc2)NC(=O)CNC(=O)c2nc(sc2COC)[C@H](C(C)C)NC(=O)c2nc1sc2C. The fourth-order valence-corrected chi connectivity index (χ4v) is 15.0. The van der Waals surface area contributed by atoms with Gasteiger partial charge in [0.15, 0.2) is 0 Å². The third-order valence-corrected chi connectivity index (χ3v) is 19.9. The maximum absolute atomic E-state index is 14.4. The molecule has 7 aromatic heterocycles. The van der Waals surface area contributed by atoms with Crippen LogP contribution in [-0.4, -0.2) is 125 Å². The van der Waals surface area contributed by atoms with E-state index in [-0.39, 0.29) is 71.9 Å². The number of carboxylic acid groups (broad SMARTS) is 2. The summed E-state index contributed by atoms with van der Waals surface area (Å²) in [5, 5.41) is 53.7. The van der Waals surface area contributed by atoms with Gasteiger partial charge in [-0.25, -0.2) is 34.9 Å². The van der Waals surface area contributed by atoms with Gasteiger partial charge in [0.2, 0.25) is 17.7 Å². The van der Waals surface area contributed by atoms with Gasteiger partial charge in [-0.3, -0.25) is 43.3 Å². The van der Waals surface area contributed by atoms with Crippen LogP contribution in [0.5, 0.6) is 0 Å². The molecule has 8 aromatic rings. The molecule has 0 unspecified atom stereocenters. The number of carboxylic acids is 2. The van der Waals surface area contributed by atoms with Crippen molar-refractivity contribution in [2.24, 2.45) is 17.8 Å². The second kappa shape index (κ2) is 26.8. The van der Waals surface area contributed by atoms with Crippen LogP contribution < -0.4 is 31.5 Å². The molecule has 8 heterocycles. The minimum atomic E-state index is -1.31. The minimum absolute atomic E-state index is 0.0142. The first-order valence-corrected chi connectivity index (χ1v) is 32.1. The highest BCUT2D eigenvalue weighted by atomic mass is 32.1.